The predicted octanol–water partition coefficient (Wildman–Crippen LogP) is 2.25. The summed E-state index contributed by atoms with van der Waals surface area (Å²) >= 11 is 0. The van der Waals surface area contributed by atoms with Gasteiger partial charge in [-0.1, -0.05) is 12.1 Å². The number of H-pyrrole nitrogens is 1. The molecule has 0 aliphatic carbocycles. The lowest BCUT2D eigenvalue weighted by molar-refractivity contribution is -0.403. The van der Waals surface area contributed by atoms with E-state index in [-0.39, 0.29) is 24.2 Å². The van der Waals surface area contributed by atoms with Crippen molar-refractivity contribution in [3.8, 4) is 0 Å². The Bertz CT molecular complexity index is 1030. The lowest BCUT2D eigenvalue weighted by Crippen LogP contribution is -2.49. The number of anilines is 1. The number of aromatic nitrogens is 1. The molecule has 3 N–H and O–H groups in total. The van der Waals surface area contributed by atoms with E-state index in [2.05, 4.69) is 15.6 Å². The maximum absolute atomic E-state index is 13.2. The van der Waals surface area contributed by atoms with Gasteiger partial charge >= 0.3 is 0 Å². The summed E-state index contributed by atoms with van der Waals surface area (Å²) in [6, 6.07) is 6.86. The molecular formula is C22H28N6O4. The van der Waals surface area contributed by atoms with Crippen LogP contribution in [-0.4, -0.2) is 63.7 Å². The first-order valence-corrected chi connectivity index (χ1v) is 11.0. The normalized spacial score (nSPS) is 19.8. The molecule has 0 saturated carbocycles. The minimum absolute atomic E-state index is 0.0332. The summed E-state index contributed by atoms with van der Waals surface area (Å²) in [6.45, 7) is 2.06. The topological polar surface area (TPSA) is 124 Å². The summed E-state index contributed by atoms with van der Waals surface area (Å²) < 4.78 is 0. The second kappa shape index (κ2) is 9.71. The molecule has 2 aromatic rings. The van der Waals surface area contributed by atoms with Crippen LogP contribution in [0.4, 0.5) is 5.69 Å². The van der Waals surface area contributed by atoms with Crippen LogP contribution in [0.25, 0.3) is 10.9 Å². The quantitative estimate of drug-likeness (QED) is 0.448. The van der Waals surface area contributed by atoms with Crippen molar-refractivity contribution in [2.45, 2.75) is 38.1 Å². The van der Waals surface area contributed by atoms with E-state index in [9.17, 15) is 19.7 Å². The smallest absolute Gasteiger partial charge is 0.274 e. The molecule has 0 radical (unpaired) electrons. The second-order valence-corrected chi connectivity index (χ2v) is 8.24. The minimum Gasteiger partial charge on any atom is -0.359 e. The van der Waals surface area contributed by atoms with Crippen LogP contribution in [0.2, 0.25) is 0 Å². The Labute approximate surface area is 185 Å². The van der Waals surface area contributed by atoms with Crippen LogP contribution in [0, 0.1) is 10.1 Å². The van der Waals surface area contributed by atoms with Crippen LogP contribution in [0.1, 0.15) is 32.1 Å². The summed E-state index contributed by atoms with van der Waals surface area (Å²) in [5.41, 5.74) is 1.48. The van der Waals surface area contributed by atoms with E-state index in [1.165, 1.54) is 0 Å². The molecule has 2 aliphatic heterocycles. The lowest BCUT2D eigenvalue weighted by Gasteiger charge is -2.27. The number of carbonyl (C=O) groups is 2. The first kappa shape index (κ1) is 21.7. The lowest BCUT2D eigenvalue weighted by atomic mass is 10.1. The van der Waals surface area contributed by atoms with Crippen molar-refractivity contribution in [1.29, 1.82) is 0 Å². The van der Waals surface area contributed by atoms with Gasteiger partial charge in [0.2, 0.25) is 11.8 Å². The third-order valence-corrected chi connectivity index (χ3v) is 5.99. The molecule has 0 spiro atoms. The zero-order chi connectivity index (χ0) is 22.5. The fraction of sp³-hybridized carbons (Fsp3) is 0.455. The predicted molar refractivity (Wildman–Crippen MR) is 120 cm³/mol. The first-order chi connectivity index (χ1) is 15.5. The molecule has 1 aromatic carbocycles. The van der Waals surface area contributed by atoms with Crippen molar-refractivity contribution < 1.29 is 14.5 Å². The Morgan fingerprint density at radius 2 is 1.97 bits per heavy atom. The summed E-state index contributed by atoms with van der Waals surface area (Å²) in [7, 11) is 0. The fourth-order valence-electron chi connectivity index (χ4n) is 4.36. The molecule has 0 unspecified atom stereocenters. The van der Waals surface area contributed by atoms with Gasteiger partial charge in [-0.05, 0) is 44.2 Å². The number of nitrogens with one attached hydrogen (secondary N) is 3. The highest BCUT2D eigenvalue weighted by Gasteiger charge is 2.31. The monoisotopic (exact) mass is 440 g/mol. The number of fused-ring (bicyclic) bond motifs is 1. The van der Waals surface area contributed by atoms with E-state index < -0.39 is 11.0 Å². The first-order valence-electron chi connectivity index (χ1n) is 11.0. The number of nitro groups is 1. The minimum atomic E-state index is -0.648. The van der Waals surface area contributed by atoms with Crippen LogP contribution in [0.15, 0.2) is 42.5 Å². The van der Waals surface area contributed by atoms with Gasteiger partial charge in [-0.3, -0.25) is 19.7 Å². The number of aromatic amines is 1. The van der Waals surface area contributed by atoms with Gasteiger partial charge in [-0.2, -0.15) is 0 Å². The Hall–Kier alpha value is -3.56. The van der Waals surface area contributed by atoms with Gasteiger partial charge in [0.1, 0.15) is 6.04 Å². The zero-order valence-corrected chi connectivity index (χ0v) is 17.9. The molecule has 32 heavy (non-hydrogen) atoms. The molecule has 2 fully saturated rings. The molecule has 0 bridgehead atoms. The second-order valence-electron chi connectivity index (χ2n) is 8.24. The van der Waals surface area contributed by atoms with Crippen LogP contribution in [0.5, 0.6) is 0 Å². The molecule has 170 valence electrons. The van der Waals surface area contributed by atoms with Gasteiger partial charge < -0.3 is 25.4 Å². The number of amides is 2. The number of nitrogens with zero attached hydrogens (tertiary/aromatic N) is 3. The SMILES string of the molecule is O=C(CN1CCCC[C@H](NC(=C[N+](=O)[O-])Nc2cccc3cc[nH]c23)C1=O)N1CCCC1. The van der Waals surface area contributed by atoms with E-state index in [1.807, 2.05) is 24.3 Å². The highest BCUT2D eigenvalue weighted by atomic mass is 16.6. The molecule has 2 saturated heterocycles. The third-order valence-electron chi connectivity index (χ3n) is 5.99. The van der Waals surface area contributed by atoms with E-state index in [0.717, 1.165) is 55.9 Å². The average molecular weight is 441 g/mol. The van der Waals surface area contributed by atoms with E-state index >= 15 is 0 Å². The Kier molecular flexibility index (Phi) is 6.58. The van der Waals surface area contributed by atoms with Crippen LogP contribution >= 0.6 is 0 Å². The number of benzene rings is 1. The van der Waals surface area contributed by atoms with Gasteiger partial charge in [0.25, 0.3) is 6.20 Å². The Balaban J connectivity index is 1.49. The van der Waals surface area contributed by atoms with Crippen LogP contribution < -0.4 is 10.6 Å². The summed E-state index contributed by atoms with van der Waals surface area (Å²) in [4.78, 5) is 43.0. The average Bonchev–Trinajstić information content (AvgIpc) is 3.43. The summed E-state index contributed by atoms with van der Waals surface area (Å²) in [5.74, 6) is -0.110. The van der Waals surface area contributed by atoms with Crippen molar-refractivity contribution >= 4 is 28.4 Å². The van der Waals surface area contributed by atoms with Crippen molar-refractivity contribution in [3.05, 3.63) is 52.6 Å². The molecule has 2 amide bonds. The van der Waals surface area contributed by atoms with E-state index in [4.69, 9.17) is 0 Å². The van der Waals surface area contributed by atoms with Crippen LogP contribution in [-0.2, 0) is 9.59 Å². The molecule has 3 heterocycles. The Morgan fingerprint density at radius 1 is 1.19 bits per heavy atom. The number of para-hydroxylation sites is 1. The van der Waals surface area contributed by atoms with E-state index in [0.29, 0.717) is 18.7 Å². The van der Waals surface area contributed by atoms with Gasteiger partial charge in [0.15, 0.2) is 5.82 Å². The highest BCUT2D eigenvalue weighted by Crippen LogP contribution is 2.23. The standard InChI is InChI=1S/C22H28N6O4/c29-20(26-11-3-4-12-26)15-27-13-2-1-7-18(22(27)30)25-19(14-28(31)32)24-17-8-5-6-16-9-10-23-21(16)17/h5-6,8-10,14,18,23-25H,1-4,7,11-13,15H2/t18-/m0/s1. The van der Waals surface area contributed by atoms with Crippen molar-refractivity contribution in [3.63, 3.8) is 0 Å². The van der Waals surface area contributed by atoms with Crippen LogP contribution in [0.3, 0.4) is 0 Å². The summed E-state index contributed by atoms with van der Waals surface area (Å²) in [5, 5.41) is 18.3. The largest absolute Gasteiger partial charge is 0.359 e. The Morgan fingerprint density at radius 3 is 2.75 bits per heavy atom. The van der Waals surface area contributed by atoms with Gasteiger partial charge in [-0.25, -0.2) is 0 Å². The van der Waals surface area contributed by atoms with Crippen molar-refractivity contribution in [2.24, 2.45) is 0 Å². The number of hydrogen-bond acceptors (Lipinski definition) is 6. The molecule has 10 nitrogen and oxygen atoms in total. The number of carbonyl (C=O) groups excluding carboxylic acids is 2. The zero-order valence-electron chi connectivity index (χ0n) is 17.9. The van der Waals surface area contributed by atoms with Gasteiger partial charge in [0, 0.05) is 31.2 Å². The van der Waals surface area contributed by atoms with Gasteiger partial charge in [0.05, 0.1) is 22.7 Å². The molecule has 4 rings (SSSR count). The molecule has 1 atom stereocenters. The summed E-state index contributed by atoms with van der Waals surface area (Å²) in [6.07, 6.45) is 6.74. The fourth-order valence-corrected chi connectivity index (χ4v) is 4.36. The maximum Gasteiger partial charge on any atom is 0.274 e. The molecule has 1 aromatic heterocycles. The van der Waals surface area contributed by atoms with E-state index in [1.54, 1.807) is 16.0 Å². The third kappa shape index (κ3) is 5.01. The number of hydrogen-bond donors (Lipinski definition) is 3. The maximum atomic E-state index is 13.2. The molecule has 10 heteroatoms. The molecular weight excluding hydrogens is 412 g/mol. The number of rotatable bonds is 7. The van der Waals surface area contributed by atoms with Crippen molar-refractivity contribution in [1.82, 2.24) is 20.1 Å². The molecule has 2 aliphatic rings. The van der Waals surface area contributed by atoms with Crippen molar-refractivity contribution in [2.75, 3.05) is 31.5 Å². The van der Waals surface area contributed by atoms with Gasteiger partial charge in [-0.15, -0.1) is 0 Å². The number of likely N-dealkylation sites (tertiary alicyclic amines) is 2. The highest BCUT2D eigenvalue weighted by molar-refractivity contribution is 5.92.